The highest BCUT2D eigenvalue weighted by molar-refractivity contribution is 5.83. The van der Waals surface area contributed by atoms with Crippen LogP contribution in [0, 0.1) is 0 Å². The van der Waals surface area contributed by atoms with Crippen molar-refractivity contribution >= 4 is 10.9 Å². The van der Waals surface area contributed by atoms with E-state index in [1.165, 1.54) is 6.07 Å². The number of H-pyrrole nitrogens is 1. The minimum atomic E-state index is -4.36. The van der Waals surface area contributed by atoms with Crippen molar-refractivity contribution in [3.05, 3.63) is 46.0 Å². The molecular formula is C10H7F3N4. The maximum Gasteiger partial charge on any atom is 0.416 e. The van der Waals surface area contributed by atoms with E-state index in [1.807, 2.05) is 0 Å². The molecule has 0 aliphatic carbocycles. The molecule has 0 amide bonds. The lowest BCUT2D eigenvalue weighted by Crippen LogP contribution is -2.04. The summed E-state index contributed by atoms with van der Waals surface area (Å²) in [6.07, 6.45) is -2.82. The second-order valence-electron chi connectivity index (χ2n) is 3.46. The van der Waals surface area contributed by atoms with Crippen LogP contribution in [0.25, 0.3) is 21.3 Å². The predicted molar refractivity (Wildman–Crippen MR) is 56.2 cm³/mol. The fourth-order valence-electron chi connectivity index (χ4n) is 1.60. The molecule has 0 fully saturated rings. The normalized spacial score (nSPS) is 11.5. The van der Waals surface area contributed by atoms with Gasteiger partial charge in [0, 0.05) is 22.0 Å². The summed E-state index contributed by atoms with van der Waals surface area (Å²) in [5.74, 6) is 0. The van der Waals surface area contributed by atoms with Crippen molar-refractivity contribution in [3.8, 4) is 0 Å². The van der Waals surface area contributed by atoms with Crippen LogP contribution < -0.4 is 0 Å². The van der Waals surface area contributed by atoms with Crippen LogP contribution in [0.1, 0.15) is 11.1 Å². The fraction of sp³-hybridized carbons (Fsp3) is 0.200. The average Bonchev–Trinajstić information content (AvgIpc) is 2.67. The zero-order valence-corrected chi connectivity index (χ0v) is 8.49. The second kappa shape index (κ2) is 4.03. The average molecular weight is 240 g/mol. The maximum absolute atomic E-state index is 12.4. The number of rotatable bonds is 2. The van der Waals surface area contributed by atoms with Crippen LogP contribution in [0.15, 0.2) is 29.5 Å². The Morgan fingerprint density at radius 3 is 2.76 bits per heavy atom. The summed E-state index contributed by atoms with van der Waals surface area (Å²) in [7, 11) is 0. The van der Waals surface area contributed by atoms with Gasteiger partial charge in [0.05, 0.1) is 12.1 Å². The minimum Gasteiger partial charge on any atom is -0.361 e. The monoisotopic (exact) mass is 240 g/mol. The zero-order valence-electron chi connectivity index (χ0n) is 8.49. The van der Waals surface area contributed by atoms with E-state index < -0.39 is 11.7 Å². The van der Waals surface area contributed by atoms with Gasteiger partial charge in [-0.2, -0.15) is 13.2 Å². The van der Waals surface area contributed by atoms with Crippen molar-refractivity contribution in [1.29, 1.82) is 0 Å². The van der Waals surface area contributed by atoms with Gasteiger partial charge in [0.25, 0.3) is 0 Å². The van der Waals surface area contributed by atoms with E-state index in [4.69, 9.17) is 5.53 Å². The molecule has 0 saturated heterocycles. The lowest BCUT2D eigenvalue weighted by atomic mass is 10.1. The lowest BCUT2D eigenvalue weighted by molar-refractivity contribution is -0.137. The number of nitrogens with one attached hydrogen (secondary N) is 1. The third kappa shape index (κ3) is 2.19. The summed E-state index contributed by atoms with van der Waals surface area (Å²) in [5, 5.41) is 4.00. The molecule has 4 nitrogen and oxygen atoms in total. The Hall–Kier alpha value is -2.14. The molecule has 1 aromatic carbocycles. The number of benzene rings is 1. The number of alkyl halides is 3. The Kier molecular flexibility index (Phi) is 2.69. The van der Waals surface area contributed by atoms with Crippen molar-refractivity contribution in [2.24, 2.45) is 5.11 Å². The van der Waals surface area contributed by atoms with E-state index in [2.05, 4.69) is 15.0 Å². The van der Waals surface area contributed by atoms with Gasteiger partial charge in [0.15, 0.2) is 0 Å². The summed E-state index contributed by atoms with van der Waals surface area (Å²) < 4.78 is 37.3. The quantitative estimate of drug-likeness (QED) is 0.468. The molecule has 1 heterocycles. The summed E-state index contributed by atoms with van der Waals surface area (Å²) >= 11 is 0. The third-order valence-corrected chi connectivity index (χ3v) is 2.40. The topological polar surface area (TPSA) is 64.6 Å². The highest BCUT2D eigenvalue weighted by Gasteiger charge is 2.30. The highest BCUT2D eigenvalue weighted by Crippen LogP contribution is 2.32. The Morgan fingerprint density at radius 1 is 1.35 bits per heavy atom. The molecule has 88 valence electrons. The molecule has 1 aromatic heterocycles. The van der Waals surface area contributed by atoms with E-state index in [-0.39, 0.29) is 6.54 Å². The number of aromatic amines is 1. The van der Waals surface area contributed by atoms with Gasteiger partial charge in [-0.25, -0.2) is 0 Å². The van der Waals surface area contributed by atoms with Crippen molar-refractivity contribution in [2.75, 3.05) is 0 Å². The highest BCUT2D eigenvalue weighted by atomic mass is 19.4. The Balaban J connectivity index is 2.48. The van der Waals surface area contributed by atoms with Gasteiger partial charge < -0.3 is 4.98 Å². The van der Waals surface area contributed by atoms with E-state index in [0.717, 1.165) is 12.1 Å². The van der Waals surface area contributed by atoms with Gasteiger partial charge in [0.1, 0.15) is 0 Å². The summed E-state index contributed by atoms with van der Waals surface area (Å²) in [6.45, 7) is 0.113. The first kappa shape index (κ1) is 11.3. The van der Waals surface area contributed by atoms with Gasteiger partial charge >= 0.3 is 6.18 Å². The van der Waals surface area contributed by atoms with Crippen LogP contribution in [-0.2, 0) is 12.7 Å². The van der Waals surface area contributed by atoms with Crippen molar-refractivity contribution in [3.63, 3.8) is 0 Å². The van der Waals surface area contributed by atoms with Crippen molar-refractivity contribution in [1.82, 2.24) is 4.98 Å². The summed E-state index contributed by atoms with van der Waals surface area (Å²) in [4.78, 5) is 5.33. The van der Waals surface area contributed by atoms with Crippen LogP contribution in [-0.4, -0.2) is 4.98 Å². The standard InChI is InChI=1S/C10H7F3N4/c11-10(12,13)7-1-2-8-6(5-16-17-14)4-15-9(8)3-7/h1-4,15H,5H2. The molecule has 0 atom stereocenters. The summed E-state index contributed by atoms with van der Waals surface area (Å²) in [5.41, 5.74) is 8.53. The van der Waals surface area contributed by atoms with E-state index in [9.17, 15) is 13.2 Å². The first-order valence-corrected chi connectivity index (χ1v) is 4.70. The molecule has 0 aliphatic heterocycles. The third-order valence-electron chi connectivity index (χ3n) is 2.40. The van der Waals surface area contributed by atoms with Crippen LogP contribution in [0.2, 0.25) is 0 Å². The zero-order chi connectivity index (χ0) is 12.5. The molecule has 2 rings (SSSR count). The maximum atomic E-state index is 12.4. The fourth-order valence-corrected chi connectivity index (χ4v) is 1.60. The molecule has 0 unspecified atom stereocenters. The molecular weight excluding hydrogens is 233 g/mol. The number of fused-ring (bicyclic) bond motifs is 1. The van der Waals surface area contributed by atoms with Crippen molar-refractivity contribution < 1.29 is 13.2 Å². The lowest BCUT2D eigenvalue weighted by Gasteiger charge is -2.06. The minimum absolute atomic E-state index is 0.113. The first-order chi connectivity index (χ1) is 8.02. The molecule has 0 radical (unpaired) electrons. The van der Waals surface area contributed by atoms with Crippen LogP contribution in [0.3, 0.4) is 0 Å². The molecule has 2 aromatic rings. The van der Waals surface area contributed by atoms with Gasteiger partial charge in [-0.15, -0.1) is 0 Å². The van der Waals surface area contributed by atoms with Crippen molar-refractivity contribution in [2.45, 2.75) is 12.7 Å². The molecule has 0 saturated carbocycles. The molecule has 17 heavy (non-hydrogen) atoms. The van der Waals surface area contributed by atoms with E-state index >= 15 is 0 Å². The van der Waals surface area contributed by atoms with Gasteiger partial charge in [-0.1, -0.05) is 11.2 Å². The molecule has 1 N–H and O–H groups in total. The Labute approximate surface area is 93.7 Å². The molecule has 7 heteroatoms. The largest absolute Gasteiger partial charge is 0.416 e. The Morgan fingerprint density at radius 2 is 2.12 bits per heavy atom. The van der Waals surface area contributed by atoms with Gasteiger partial charge in [0.2, 0.25) is 0 Å². The molecule has 0 bridgehead atoms. The Bertz CT molecular complexity index is 593. The number of hydrogen-bond donors (Lipinski definition) is 1. The smallest absolute Gasteiger partial charge is 0.361 e. The summed E-state index contributed by atoms with van der Waals surface area (Å²) in [6, 6.07) is 3.42. The number of azide groups is 1. The molecule has 0 spiro atoms. The van der Waals surface area contributed by atoms with E-state index in [1.54, 1.807) is 6.20 Å². The van der Waals surface area contributed by atoms with E-state index in [0.29, 0.717) is 16.5 Å². The first-order valence-electron chi connectivity index (χ1n) is 4.70. The van der Waals surface area contributed by atoms with Gasteiger partial charge in [-0.05, 0) is 23.2 Å². The van der Waals surface area contributed by atoms with Crippen LogP contribution in [0.5, 0.6) is 0 Å². The SMILES string of the molecule is [N-]=[N+]=NCc1c[nH]c2cc(C(F)(F)F)ccc12. The second-order valence-corrected chi connectivity index (χ2v) is 3.46. The number of hydrogen-bond acceptors (Lipinski definition) is 1. The number of aromatic nitrogens is 1. The number of halogens is 3. The van der Waals surface area contributed by atoms with Gasteiger partial charge in [-0.3, -0.25) is 0 Å². The molecule has 0 aliphatic rings. The van der Waals surface area contributed by atoms with Crippen LogP contribution in [0.4, 0.5) is 13.2 Å². The van der Waals surface area contributed by atoms with Crippen LogP contribution >= 0.6 is 0 Å². The number of nitrogens with zero attached hydrogens (tertiary/aromatic N) is 3. The predicted octanol–water partition coefficient (Wildman–Crippen LogP) is 4.00.